The maximum Gasteiger partial charge on any atom is 0.224 e. The van der Waals surface area contributed by atoms with Gasteiger partial charge in [-0.3, -0.25) is 4.79 Å². The standard InChI is InChI=1S/C11H15N3O2/c12-10(14-16)6-7-13-11(15)8-9-4-2-1-3-5-9/h1-5,16H,6-8H2,(H2,12,14)(H,13,15). The van der Waals surface area contributed by atoms with Crippen molar-refractivity contribution < 1.29 is 10.0 Å². The molecule has 4 N–H and O–H groups in total. The molecule has 86 valence electrons. The van der Waals surface area contributed by atoms with Crippen molar-refractivity contribution in [2.24, 2.45) is 10.9 Å². The number of nitrogens with two attached hydrogens (primary N) is 1. The van der Waals surface area contributed by atoms with E-state index >= 15 is 0 Å². The Labute approximate surface area is 94.0 Å². The molecule has 1 rings (SSSR count). The van der Waals surface area contributed by atoms with Gasteiger partial charge >= 0.3 is 0 Å². The normalized spacial score (nSPS) is 11.1. The highest BCUT2D eigenvalue weighted by Crippen LogP contribution is 1.98. The van der Waals surface area contributed by atoms with Crippen LogP contribution in [0.2, 0.25) is 0 Å². The molecule has 0 aliphatic heterocycles. The SMILES string of the molecule is NC(CCNC(=O)Cc1ccccc1)=NO. The number of oxime groups is 1. The van der Waals surface area contributed by atoms with Crippen molar-refractivity contribution >= 4 is 11.7 Å². The largest absolute Gasteiger partial charge is 0.409 e. The smallest absolute Gasteiger partial charge is 0.224 e. The number of amides is 1. The Bertz CT molecular complexity index is 363. The van der Waals surface area contributed by atoms with Gasteiger partial charge in [-0.05, 0) is 5.56 Å². The molecular weight excluding hydrogens is 206 g/mol. The lowest BCUT2D eigenvalue weighted by molar-refractivity contribution is -0.120. The summed E-state index contributed by atoms with van der Waals surface area (Å²) in [6.07, 6.45) is 0.689. The molecule has 0 saturated heterocycles. The molecule has 1 amide bonds. The lowest BCUT2D eigenvalue weighted by Gasteiger charge is -2.04. The summed E-state index contributed by atoms with van der Waals surface area (Å²) >= 11 is 0. The van der Waals surface area contributed by atoms with Crippen LogP contribution >= 0.6 is 0 Å². The Morgan fingerprint density at radius 3 is 2.69 bits per heavy atom. The van der Waals surface area contributed by atoms with Crippen molar-refractivity contribution in [3.63, 3.8) is 0 Å². The predicted molar refractivity (Wildman–Crippen MR) is 61.2 cm³/mol. The van der Waals surface area contributed by atoms with Crippen molar-refractivity contribution in [2.75, 3.05) is 6.54 Å². The minimum absolute atomic E-state index is 0.0723. The lowest BCUT2D eigenvalue weighted by atomic mass is 10.1. The van der Waals surface area contributed by atoms with Crippen molar-refractivity contribution in [1.82, 2.24) is 5.32 Å². The van der Waals surface area contributed by atoms with Crippen LogP contribution in [0, 0.1) is 0 Å². The van der Waals surface area contributed by atoms with Gasteiger partial charge < -0.3 is 16.3 Å². The number of carbonyl (C=O) groups excluding carboxylic acids is 1. The predicted octanol–water partition coefficient (Wildman–Crippen LogP) is 0.482. The molecular formula is C11H15N3O2. The Balaban J connectivity index is 2.27. The third-order valence-electron chi connectivity index (χ3n) is 2.04. The molecule has 0 atom stereocenters. The second kappa shape index (κ2) is 6.44. The number of nitrogens with zero attached hydrogens (tertiary/aromatic N) is 1. The van der Waals surface area contributed by atoms with Crippen molar-refractivity contribution in [3.05, 3.63) is 35.9 Å². The highest BCUT2D eigenvalue weighted by Gasteiger charge is 2.02. The van der Waals surface area contributed by atoms with Gasteiger partial charge in [-0.15, -0.1) is 0 Å². The van der Waals surface area contributed by atoms with E-state index in [0.717, 1.165) is 5.56 Å². The van der Waals surface area contributed by atoms with Crippen LogP contribution in [0.5, 0.6) is 0 Å². The topological polar surface area (TPSA) is 87.7 Å². The van der Waals surface area contributed by atoms with E-state index in [1.165, 1.54) is 0 Å². The monoisotopic (exact) mass is 221 g/mol. The number of nitrogens with one attached hydrogen (secondary N) is 1. The minimum atomic E-state index is -0.0723. The number of benzene rings is 1. The fraction of sp³-hybridized carbons (Fsp3) is 0.273. The molecule has 1 aromatic rings. The first-order valence-electron chi connectivity index (χ1n) is 4.99. The molecule has 0 unspecified atom stereocenters. The molecule has 0 aliphatic carbocycles. The van der Waals surface area contributed by atoms with E-state index in [2.05, 4.69) is 10.5 Å². The Morgan fingerprint density at radius 2 is 2.06 bits per heavy atom. The van der Waals surface area contributed by atoms with Crippen molar-refractivity contribution in [3.8, 4) is 0 Å². The van der Waals surface area contributed by atoms with Crippen molar-refractivity contribution in [2.45, 2.75) is 12.8 Å². The molecule has 16 heavy (non-hydrogen) atoms. The average molecular weight is 221 g/mol. The summed E-state index contributed by atoms with van der Waals surface area (Å²) in [5.74, 6) is 0.0388. The fourth-order valence-corrected chi connectivity index (χ4v) is 1.22. The van der Waals surface area contributed by atoms with Gasteiger partial charge in [0.15, 0.2) is 0 Å². The zero-order valence-electron chi connectivity index (χ0n) is 8.89. The van der Waals surface area contributed by atoms with E-state index in [9.17, 15) is 4.79 Å². The van der Waals surface area contributed by atoms with Crippen LogP contribution in [0.4, 0.5) is 0 Å². The zero-order valence-corrected chi connectivity index (χ0v) is 8.89. The summed E-state index contributed by atoms with van der Waals surface area (Å²) in [6.45, 7) is 0.377. The number of rotatable bonds is 5. The molecule has 0 saturated carbocycles. The average Bonchev–Trinajstić information content (AvgIpc) is 2.30. The van der Waals surface area contributed by atoms with Crippen LogP contribution in [0.3, 0.4) is 0 Å². The van der Waals surface area contributed by atoms with Gasteiger partial charge in [0.05, 0.1) is 6.42 Å². The van der Waals surface area contributed by atoms with Gasteiger partial charge in [0, 0.05) is 13.0 Å². The molecule has 0 aromatic heterocycles. The van der Waals surface area contributed by atoms with E-state index in [-0.39, 0.29) is 11.7 Å². The summed E-state index contributed by atoms with van der Waals surface area (Å²) in [5.41, 5.74) is 6.22. The molecule has 0 aliphatic rings. The molecule has 0 fully saturated rings. The molecule has 0 bridgehead atoms. The van der Waals surface area contributed by atoms with Crippen molar-refractivity contribution in [1.29, 1.82) is 0 Å². The van der Waals surface area contributed by atoms with Crippen LogP contribution in [0.25, 0.3) is 0 Å². The third kappa shape index (κ3) is 4.45. The van der Waals surface area contributed by atoms with E-state index in [1.54, 1.807) is 0 Å². The van der Waals surface area contributed by atoms with E-state index in [1.807, 2.05) is 30.3 Å². The van der Waals surface area contributed by atoms with Gasteiger partial charge in [0.25, 0.3) is 0 Å². The maximum atomic E-state index is 11.4. The zero-order chi connectivity index (χ0) is 11.8. The number of carbonyl (C=O) groups is 1. The third-order valence-corrected chi connectivity index (χ3v) is 2.04. The van der Waals surface area contributed by atoms with Gasteiger partial charge in [0.1, 0.15) is 5.84 Å². The summed E-state index contributed by atoms with van der Waals surface area (Å²) < 4.78 is 0. The Morgan fingerprint density at radius 1 is 1.38 bits per heavy atom. The Kier molecular flexibility index (Phi) is 4.85. The van der Waals surface area contributed by atoms with Gasteiger partial charge in [-0.1, -0.05) is 35.5 Å². The summed E-state index contributed by atoms with van der Waals surface area (Å²) in [7, 11) is 0. The molecule has 5 heteroatoms. The van der Waals surface area contributed by atoms with Crippen LogP contribution in [-0.4, -0.2) is 23.5 Å². The molecule has 0 spiro atoms. The van der Waals surface area contributed by atoms with E-state index in [0.29, 0.717) is 19.4 Å². The number of hydrogen-bond acceptors (Lipinski definition) is 3. The minimum Gasteiger partial charge on any atom is -0.409 e. The van der Waals surface area contributed by atoms with Crippen LogP contribution in [-0.2, 0) is 11.2 Å². The van der Waals surface area contributed by atoms with Gasteiger partial charge in [-0.25, -0.2) is 0 Å². The number of hydrogen-bond donors (Lipinski definition) is 3. The quantitative estimate of drug-likeness (QED) is 0.292. The first-order chi connectivity index (χ1) is 7.72. The Hall–Kier alpha value is -2.04. The van der Waals surface area contributed by atoms with Gasteiger partial charge in [0.2, 0.25) is 5.91 Å². The fourth-order valence-electron chi connectivity index (χ4n) is 1.22. The molecule has 0 heterocycles. The first-order valence-corrected chi connectivity index (χ1v) is 4.99. The highest BCUT2D eigenvalue weighted by molar-refractivity contribution is 5.82. The summed E-state index contributed by atoms with van der Waals surface area (Å²) in [6, 6.07) is 9.46. The molecule has 0 radical (unpaired) electrons. The molecule has 1 aromatic carbocycles. The van der Waals surface area contributed by atoms with Crippen LogP contribution in [0.15, 0.2) is 35.5 Å². The molecule has 5 nitrogen and oxygen atoms in total. The second-order valence-corrected chi connectivity index (χ2v) is 3.35. The second-order valence-electron chi connectivity index (χ2n) is 3.35. The summed E-state index contributed by atoms with van der Waals surface area (Å²) in [4.78, 5) is 11.4. The van der Waals surface area contributed by atoms with Crippen LogP contribution < -0.4 is 11.1 Å². The highest BCUT2D eigenvalue weighted by atomic mass is 16.4. The van der Waals surface area contributed by atoms with Gasteiger partial charge in [-0.2, -0.15) is 0 Å². The lowest BCUT2D eigenvalue weighted by Crippen LogP contribution is -2.29. The van der Waals surface area contributed by atoms with E-state index in [4.69, 9.17) is 10.9 Å². The van der Waals surface area contributed by atoms with E-state index < -0.39 is 0 Å². The maximum absolute atomic E-state index is 11.4. The first kappa shape index (κ1) is 12.0. The summed E-state index contributed by atoms with van der Waals surface area (Å²) in [5, 5.41) is 13.8. The van der Waals surface area contributed by atoms with Crippen LogP contribution in [0.1, 0.15) is 12.0 Å². The number of amidine groups is 1.